The predicted molar refractivity (Wildman–Crippen MR) is 80.4 cm³/mol. The van der Waals surface area contributed by atoms with Gasteiger partial charge in [0.1, 0.15) is 0 Å². The number of allylic oxidation sites excluding steroid dienone is 3. The zero-order valence-electron chi connectivity index (χ0n) is 12.4. The highest BCUT2D eigenvalue weighted by Crippen LogP contribution is 2.56. The van der Waals surface area contributed by atoms with Crippen molar-refractivity contribution >= 4 is 0 Å². The van der Waals surface area contributed by atoms with Crippen molar-refractivity contribution in [2.75, 3.05) is 0 Å². The first-order chi connectivity index (χ1) is 8.35. The topological polar surface area (TPSA) is 0 Å². The van der Waals surface area contributed by atoms with Crippen molar-refractivity contribution < 1.29 is 0 Å². The largest absolute Gasteiger partial charge is 0.0996 e. The molecule has 100 valence electrons. The third-order valence-electron chi connectivity index (χ3n) is 5.54. The van der Waals surface area contributed by atoms with Gasteiger partial charge in [0, 0.05) is 0 Å². The molecule has 0 amide bonds. The van der Waals surface area contributed by atoms with Gasteiger partial charge in [-0.25, -0.2) is 0 Å². The van der Waals surface area contributed by atoms with Crippen LogP contribution in [0.3, 0.4) is 0 Å². The lowest BCUT2D eigenvalue weighted by molar-refractivity contribution is 0.0475. The van der Waals surface area contributed by atoms with E-state index >= 15 is 0 Å². The fraction of sp³-hybridized carbons (Fsp3) is 0.667. The van der Waals surface area contributed by atoms with Crippen LogP contribution in [0.4, 0.5) is 0 Å². The highest BCUT2D eigenvalue weighted by Gasteiger charge is 2.46. The summed E-state index contributed by atoms with van der Waals surface area (Å²) in [6.45, 7) is 19.7. The molecule has 0 heteroatoms. The molecule has 18 heavy (non-hydrogen) atoms. The minimum absolute atomic E-state index is 0.501. The Labute approximate surface area is 113 Å². The minimum Gasteiger partial charge on any atom is -0.0996 e. The molecule has 2 fully saturated rings. The Hall–Kier alpha value is -0.780. The molecular formula is C18H28. The SMILES string of the molecule is C=C(C)C(=C)C1CC2C(=C)CCCC2(C)CC1C. The first-order valence-corrected chi connectivity index (χ1v) is 7.37. The van der Waals surface area contributed by atoms with Crippen LogP contribution in [0.1, 0.15) is 52.9 Å². The summed E-state index contributed by atoms with van der Waals surface area (Å²) in [5.41, 5.74) is 4.44. The van der Waals surface area contributed by atoms with Crippen LogP contribution >= 0.6 is 0 Å². The smallest absolute Gasteiger partial charge is 0.0134 e. The summed E-state index contributed by atoms with van der Waals surface area (Å²) in [6, 6.07) is 0. The first-order valence-electron chi connectivity index (χ1n) is 7.37. The molecule has 0 spiro atoms. The van der Waals surface area contributed by atoms with Gasteiger partial charge >= 0.3 is 0 Å². The van der Waals surface area contributed by atoms with E-state index in [2.05, 4.69) is 40.5 Å². The van der Waals surface area contributed by atoms with Crippen molar-refractivity contribution in [2.24, 2.45) is 23.2 Å². The van der Waals surface area contributed by atoms with Crippen LogP contribution in [0.25, 0.3) is 0 Å². The van der Waals surface area contributed by atoms with E-state index in [0.29, 0.717) is 17.3 Å². The molecule has 4 atom stereocenters. The second kappa shape index (κ2) is 4.72. The van der Waals surface area contributed by atoms with Crippen LogP contribution in [-0.4, -0.2) is 0 Å². The van der Waals surface area contributed by atoms with Crippen LogP contribution in [0.5, 0.6) is 0 Å². The Bertz CT molecular complexity index is 387. The Morgan fingerprint density at radius 3 is 2.61 bits per heavy atom. The van der Waals surface area contributed by atoms with Gasteiger partial charge in [0.15, 0.2) is 0 Å². The summed E-state index contributed by atoms with van der Waals surface area (Å²) < 4.78 is 0. The second-order valence-corrected chi connectivity index (χ2v) is 7.05. The van der Waals surface area contributed by atoms with Crippen LogP contribution < -0.4 is 0 Å². The standard InChI is InChI=1S/C18H28/c1-12(2)15(5)16-10-17-13(3)8-7-9-18(17,6)11-14(16)4/h14,16-17H,1,3,5,7-11H2,2,4,6H3. The third kappa shape index (κ3) is 2.22. The second-order valence-electron chi connectivity index (χ2n) is 7.05. The zero-order valence-corrected chi connectivity index (χ0v) is 12.4. The van der Waals surface area contributed by atoms with Gasteiger partial charge in [-0.1, -0.05) is 44.7 Å². The molecule has 0 heterocycles. The van der Waals surface area contributed by atoms with E-state index < -0.39 is 0 Å². The Kier molecular flexibility index (Phi) is 3.58. The number of rotatable bonds is 2. The Morgan fingerprint density at radius 2 is 2.00 bits per heavy atom. The molecule has 0 N–H and O–H groups in total. The van der Waals surface area contributed by atoms with E-state index in [4.69, 9.17) is 0 Å². The Balaban J connectivity index is 2.23. The lowest BCUT2D eigenvalue weighted by Gasteiger charge is -2.51. The van der Waals surface area contributed by atoms with Crippen molar-refractivity contribution in [1.82, 2.24) is 0 Å². The van der Waals surface area contributed by atoms with Gasteiger partial charge in [0.2, 0.25) is 0 Å². The number of hydrogen-bond acceptors (Lipinski definition) is 0. The summed E-state index contributed by atoms with van der Waals surface area (Å²) in [5.74, 6) is 2.07. The fourth-order valence-electron chi connectivity index (χ4n) is 4.42. The van der Waals surface area contributed by atoms with Gasteiger partial charge < -0.3 is 0 Å². The molecule has 2 aliphatic carbocycles. The molecule has 0 aromatic rings. The van der Waals surface area contributed by atoms with Gasteiger partial charge in [0.25, 0.3) is 0 Å². The Morgan fingerprint density at radius 1 is 1.33 bits per heavy atom. The van der Waals surface area contributed by atoms with Crippen LogP contribution in [0.15, 0.2) is 36.5 Å². The fourth-order valence-corrected chi connectivity index (χ4v) is 4.42. The summed E-state index contributed by atoms with van der Waals surface area (Å²) >= 11 is 0. The summed E-state index contributed by atoms with van der Waals surface area (Å²) in [4.78, 5) is 0. The molecule has 0 nitrogen and oxygen atoms in total. The molecule has 0 aromatic carbocycles. The maximum atomic E-state index is 4.36. The molecule has 0 bridgehead atoms. The van der Waals surface area contributed by atoms with E-state index in [-0.39, 0.29) is 0 Å². The van der Waals surface area contributed by atoms with E-state index in [1.54, 1.807) is 0 Å². The average molecular weight is 244 g/mol. The van der Waals surface area contributed by atoms with Crippen molar-refractivity contribution in [1.29, 1.82) is 0 Å². The third-order valence-corrected chi connectivity index (χ3v) is 5.54. The summed E-state index contributed by atoms with van der Waals surface area (Å²) in [6.07, 6.45) is 6.54. The molecule has 4 unspecified atom stereocenters. The van der Waals surface area contributed by atoms with E-state index in [1.807, 2.05) is 0 Å². The monoisotopic (exact) mass is 244 g/mol. The van der Waals surface area contributed by atoms with Crippen LogP contribution in [0.2, 0.25) is 0 Å². The molecular weight excluding hydrogens is 216 g/mol. The maximum Gasteiger partial charge on any atom is -0.0134 e. The molecule has 2 saturated carbocycles. The lowest BCUT2D eigenvalue weighted by atomic mass is 9.53. The molecule has 2 rings (SSSR count). The average Bonchev–Trinajstić information content (AvgIpc) is 2.26. The van der Waals surface area contributed by atoms with E-state index in [0.717, 1.165) is 11.5 Å². The number of fused-ring (bicyclic) bond motifs is 1. The van der Waals surface area contributed by atoms with Crippen molar-refractivity contribution in [3.63, 3.8) is 0 Å². The van der Waals surface area contributed by atoms with Gasteiger partial charge in [-0.3, -0.25) is 0 Å². The highest BCUT2D eigenvalue weighted by molar-refractivity contribution is 5.28. The normalized spacial score (nSPS) is 40.2. The summed E-state index contributed by atoms with van der Waals surface area (Å²) in [7, 11) is 0. The maximum absolute atomic E-state index is 4.36. The summed E-state index contributed by atoms with van der Waals surface area (Å²) in [5, 5.41) is 0. The van der Waals surface area contributed by atoms with Crippen molar-refractivity contribution in [3.8, 4) is 0 Å². The van der Waals surface area contributed by atoms with Crippen LogP contribution in [-0.2, 0) is 0 Å². The van der Waals surface area contributed by atoms with Crippen LogP contribution in [0, 0.1) is 23.2 Å². The zero-order chi connectivity index (χ0) is 13.5. The highest BCUT2D eigenvalue weighted by atomic mass is 14.5. The predicted octanol–water partition coefficient (Wildman–Crippen LogP) is 5.53. The molecule has 0 radical (unpaired) electrons. The van der Waals surface area contributed by atoms with Gasteiger partial charge in [-0.15, -0.1) is 0 Å². The number of hydrogen-bond donors (Lipinski definition) is 0. The molecule has 0 aromatic heterocycles. The van der Waals surface area contributed by atoms with Crippen molar-refractivity contribution in [3.05, 3.63) is 36.5 Å². The van der Waals surface area contributed by atoms with Gasteiger partial charge in [-0.2, -0.15) is 0 Å². The first kappa shape index (κ1) is 13.6. The van der Waals surface area contributed by atoms with E-state index in [1.165, 1.54) is 43.3 Å². The van der Waals surface area contributed by atoms with Gasteiger partial charge in [-0.05, 0) is 67.8 Å². The lowest BCUT2D eigenvalue weighted by Crippen LogP contribution is -2.42. The molecule has 2 aliphatic rings. The van der Waals surface area contributed by atoms with Crippen molar-refractivity contribution in [2.45, 2.75) is 52.9 Å². The quantitative estimate of drug-likeness (QED) is 0.443. The minimum atomic E-state index is 0.501. The molecule has 0 saturated heterocycles. The van der Waals surface area contributed by atoms with Gasteiger partial charge in [0.05, 0.1) is 0 Å². The van der Waals surface area contributed by atoms with E-state index in [9.17, 15) is 0 Å². The molecule has 0 aliphatic heterocycles.